The minimum absolute atomic E-state index is 0.0235. The van der Waals surface area contributed by atoms with Gasteiger partial charge in [-0.3, -0.25) is 14.4 Å². The van der Waals surface area contributed by atoms with Crippen LogP contribution in [-0.2, 0) is 34.5 Å². The van der Waals surface area contributed by atoms with Crippen LogP contribution in [0, 0.1) is 20.8 Å². The summed E-state index contributed by atoms with van der Waals surface area (Å²) in [5.74, 6) is -4.41. The number of aromatic nitrogens is 3. The van der Waals surface area contributed by atoms with Crippen molar-refractivity contribution in [2.75, 3.05) is 13.1 Å². The Morgan fingerprint density at radius 1 is 0.976 bits per heavy atom. The zero-order valence-electron chi connectivity index (χ0n) is 23.5. The normalized spacial score (nSPS) is 19.6. The first-order valence-electron chi connectivity index (χ1n) is 12.8. The lowest BCUT2D eigenvalue weighted by molar-refractivity contribution is -0.193. The van der Waals surface area contributed by atoms with Gasteiger partial charge in [0, 0.05) is 37.7 Å². The van der Waals surface area contributed by atoms with Crippen LogP contribution in [0.1, 0.15) is 60.5 Å². The van der Waals surface area contributed by atoms with Gasteiger partial charge in [0.25, 0.3) is 0 Å². The van der Waals surface area contributed by atoms with Crippen LogP contribution in [0.2, 0.25) is 0 Å². The largest absolute Gasteiger partial charge is 0.490 e. The Labute approximate surface area is 237 Å². The lowest BCUT2D eigenvalue weighted by Crippen LogP contribution is -2.46. The molecule has 0 saturated carbocycles. The fourth-order valence-corrected chi connectivity index (χ4v) is 4.97. The lowest BCUT2D eigenvalue weighted by atomic mass is 9.87. The van der Waals surface area contributed by atoms with E-state index in [0.29, 0.717) is 13.0 Å². The zero-order chi connectivity index (χ0) is 32.0. The summed E-state index contributed by atoms with van der Waals surface area (Å²) in [5, 5.41) is 22.8. The first-order valence-corrected chi connectivity index (χ1v) is 12.8. The molecule has 1 unspecified atom stereocenters. The maximum Gasteiger partial charge on any atom is 0.490 e. The summed E-state index contributed by atoms with van der Waals surface area (Å²) in [5.41, 5.74) is 4.26. The molecule has 17 heteroatoms. The van der Waals surface area contributed by atoms with Gasteiger partial charge in [-0.05, 0) is 59.1 Å². The van der Waals surface area contributed by atoms with Crippen molar-refractivity contribution >= 4 is 17.8 Å². The lowest BCUT2D eigenvalue weighted by Gasteiger charge is -2.38. The second-order valence-corrected chi connectivity index (χ2v) is 10.1. The van der Waals surface area contributed by atoms with Gasteiger partial charge in [0.15, 0.2) is 0 Å². The van der Waals surface area contributed by atoms with Gasteiger partial charge in [0.2, 0.25) is 5.91 Å². The molecule has 11 nitrogen and oxygen atoms in total. The molecule has 0 aromatic carbocycles. The molecule has 2 N–H and O–H groups in total. The smallest absolute Gasteiger partial charge is 0.475 e. The van der Waals surface area contributed by atoms with Crippen molar-refractivity contribution in [2.24, 2.45) is 7.05 Å². The number of carbonyl (C=O) groups excluding carboxylic acids is 1. The summed E-state index contributed by atoms with van der Waals surface area (Å²) in [7, 11) is 2.02. The number of nitrogens with zero attached hydrogens (tertiary/aromatic N) is 5. The van der Waals surface area contributed by atoms with Crippen molar-refractivity contribution < 1.29 is 55.5 Å². The molecule has 0 bridgehead atoms. The Balaban J connectivity index is 0.000000367. The van der Waals surface area contributed by atoms with E-state index in [2.05, 4.69) is 26.1 Å². The van der Waals surface area contributed by atoms with E-state index in [9.17, 15) is 31.1 Å². The number of aryl methyl sites for hydroxylation is 4. The van der Waals surface area contributed by atoms with E-state index in [1.807, 2.05) is 32.5 Å². The summed E-state index contributed by atoms with van der Waals surface area (Å²) in [6.07, 6.45) is -5.33. The van der Waals surface area contributed by atoms with Crippen LogP contribution >= 0.6 is 0 Å². The number of hydrogen-bond acceptors (Lipinski definition) is 7. The highest BCUT2D eigenvalue weighted by Gasteiger charge is 2.46. The van der Waals surface area contributed by atoms with Crippen molar-refractivity contribution in [3.05, 3.63) is 34.5 Å². The summed E-state index contributed by atoms with van der Waals surface area (Å²) in [6.45, 7) is 9.57. The van der Waals surface area contributed by atoms with Crippen LogP contribution in [0.3, 0.4) is 0 Å². The molecule has 1 atom stereocenters. The molecule has 0 aliphatic carbocycles. The van der Waals surface area contributed by atoms with E-state index >= 15 is 0 Å². The highest BCUT2D eigenvalue weighted by Crippen LogP contribution is 2.40. The average molecular weight is 614 g/mol. The van der Waals surface area contributed by atoms with Gasteiger partial charge < -0.3 is 19.6 Å². The molecule has 4 heterocycles. The summed E-state index contributed by atoms with van der Waals surface area (Å²) >= 11 is 0. The first-order chi connectivity index (χ1) is 19.3. The summed E-state index contributed by atoms with van der Waals surface area (Å²) in [6, 6.07) is 2.17. The van der Waals surface area contributed by atoms with E-state index in [4.69, 9.17) is 24.3 Å². The van der Waals surface area contributed by atoms with Crippen LogP contribution in [0.4, 0.5) is 26.3 Å². The van der Waals surface area contributed by atoms with Gasteiger partial charge in [-0.1, -0.05) is 5.16 Å². The second kappa shape index (κ2) is 13.6. The third-order valence-corrected chi connectivity index (χ3v) is 7.15. The van der Waals surface area contributed by atoms with E-state index in [1.54, 1.807) is 0 Å². The van der Waals surface area contributed by atoms with Gasteiger partial charge in [0.1, 0.15) is 5.76 Å². The van der Waals surface area contributed by atoms with Gasteiger partial charge in [-0.15, -0.1) is 0 Å². The molecule has 2 aromatic heterocycles. The van der Waals surface area contributed by atoms with E-state index in [1.165, 1.54) is 5.69 Å². The van der Waals surface area contributed by atoms with Gasteiger partial charge in [0.05, 0.1) is 23.6 Å². The number of amides is 1. The second-order valence-electron chi connectivity index (χ2n) is 10.1. The number of alkyl halides is 6. The van der Waals surface area contributed by atoms with Crippen LogP contribution in [0.15, 0.2) is 10.6 Å². The van der Waals surface area contributed by atoms with Crippen LogP contribution in [0.25, 0.3) is 0 Å². The minimum Gasteiger partial charge on any atom is -0.475 e. The molecule has 2 aliphatic rings. The fourth-order valence-electron chi connectivity index (χ4n) is 4.97. The van der Waals surface area contributed by atoms with Crippen LogP contribution in [-0.4, -0.2) is 83.8 Å². The first kappa shape index (κ1) is 34.6. The van der Waals surface area contributed by atoms with Gasteiger partial charge in [-0.25, -0.2) is 9.59 Å². The number of rotatable bonds is 4. The van der Waals surface area contributed by atoms with Gasteiger partial charge in [-0.2, -0.15) is 31.4 Å². The fraction of sp³-hybridized carbons (Fsp3) is 0.640. The molecule has 2 aromatic rings. The summed E-state index contributed by atoms with van der Waals surface area (Å²) < 4.78 is 70.8. The Kier molecular flexibility index (Phi) is 11.2. The number of carboxylic acids is 2. The number of halogens is 6. The number of hydrogen-bond donors (Lipinski definition) is 2. The minimum atomic E-state index is -5.08. The SMILES string of the molecule is Cc1cc(CN2CCCC3(CCC(=O)N3Cc3c(C)noc3C)CC2)n(C)n1.O=C(O)C(F)(F)F.O=C(O)C(F)(F)F. The van der Waals surface area contributed by atoms with Crippen LogP contribution < -0.4 is 0 Å². The number of aliphatic carboxylic acids is 2. The van der Waals surface area contributed by atoms with Crippen molar-refractivity contribution in [3.8, 4) is 0 Å². The van der Waals surface area contributed by atoms with Crippen LogP contribution in [0.5, 0.6) is 0 Å². The van der Waals surface area contributed by atoms with E-state index in [0.717, 1.165) is 68.0 Å². The highest BCUT2D eigenvalue weighted by atomic mass is 19.4. The van der Waals surface area contributed by atoms with Crippen molar-refractivity contribution in [1.82, 2.24) is 24.7 Å². The molecule has 2 fully saturated rings. The Morgan fingerprint density at radius 3 is 2.00 bits per heavy atom. The molecule has 2 aliphatic heterocycles. The molecule has 0 radical (unpaired) electrons. The average Bonchev–Trinajstić information content (AvgIpc) is 3.40. The maximum atomic E-state index is 12.8. The monoisotopic (exact) mass is 613 g/mol. The predicted molar refractivity (Wildman–Crippen MR) is 133 cm³/mol. The molecule has 236 valence electrons. The summed E-state index contributed by atoms with van der Waals surface area (Å²) in [4.78, 5) is 35.2. The maximum absolute atomic E-state index is 12.8. The van der Waals surface area contributed by atoms with E-state index < -0.39 is 24.3 Å². The third-order valence-electron chi connectivity index (χ3n) is 7.15. The molecule has 4 rings (SSSR count). The molecule has 1 amide bonds. The molecule has 1 spiro atoms. The molecule has 2 saturated heterocycles. The standard InChI is InChI=1S/C21H31N5O2.2C2HF3O2/c1-15-12-18(24(4)22-15)13-25-10-5-7-21(9-11-25)8-6-20(27)26(21)14-19-16(2)23-28-17(19)3;2*3-2(4,5)1(6)7/h12H,5-11,13-14H2,1-4H3;2*(H,6,7). The van der Waals surface area contributed by atoms with Crippen molar-refractivity contribution in [2.45, 2.75) is 83.9 Å². The van der Waals surface area contributed by atoms with E-state index in [-0.39, 0.29) is 11.4 Å². The highest BCUT2D eigenvalue weighted by molar-refractivity contribution is 5.79. The zero-order valence-corrected chi connectivity index (χ0v) is 23.5. The Hall–Kier alpha value is -3.63. The van der Waals surface area contributed by atoms with Crippen molar-refractivity contribution in [1.29, 1.82) is 0 Å². The molecule has 42 heavy (non-hydrogen) atoms. The number of likely N-dealkylation sites (tertiary alicyclic amines) is 2. The van der Waals surface area contributed by atoms with Crippen molar-refractivity contribution in [3.63, 3.8) is 0 Å². The predicted octanol–water partition coefficient (Wildman–Crippen LogP) is 4.15. The van der Waals surface area contributed by atoms with Gasteiger partial charge >= 0.3 is 24.3 Å². The Morgan fingerprint density at radius 2 is 1.55 bits per heavy atom. The Bertz CT molecular complexity index is 1210. The third kappa shape index (κ3) is 9.19. The number of carboxylic acid groups (broad SMARTS) is 2. The molecular weight excluding hydrogens is 580 g/mol. The number of carbonyl (C=O) groups is 3. The molecular formula is C25H33F6N5O6. The topological polar surface area (TPSA) is 142 Å². The quantitative estimate of drug-likeness (QED) is 0.487.